The maximum Gasteiger partial charge on any atom is 0.293 e. The van der Waals surface area contributed by atoms with E-state index in [9.17, 15) is 4.79 Å². The van der Waals surface area contributed by atoms with E-state index in [0.717, 1.165) is 17.5 Å². The van der Waals surface area contributed by atoms with Gasteiger partial charge >= 0.3 is 0 Å². The fraction of sp³-hybridized carbons (Fsp3) is 0.286. The maximum absolute atomic E-state index is 10.4. The van der Waals surface area contributed by atoms with Crippen molar-refractivity contribution in [3.63, 3.8) is 0 Å². The van der Waals surface area contributed by atoms with Crippen LogP contribution in [0, 0.1) is 0 Å². The van der Waals surface area contributed by atoms with Gasteiger partial charge in [-0.1, -0.05) is 18.2 Å². The average molecular weight is 279 g/mol. The molecule has 0 amide bonds. The zero-order valence-corrected chi connectivity index (χ0v) is 11.3. The molecule has 0 radical (unpaired) electrons. The Kier molecular flexibility index (Phi) is 3.90. The van der Waals surface area contributed by atoms with Crippen molar-refractivity contribution in [1.29, 1.82) is 0 Å². The van der Waals surface area contributed by atoms with Gasteiger partial charge in [0.1, 0.15) is 6.10 Å². The van der Waals surface area contributed by atoms with Crippen molar-refractivity contribution in [3.8, 4) is 0 Å². The van der Waals surface area contributed by atoms with Gasteiger partial charge in [-0.3, -0.25) is 4.79 Å². The largest absolute Gasteiger partial charge is 0.463 e. The van der Waals surface area contributed by atoms with Crippen LogP contribution in [0.2, 0.25) is 0 Å². The van der Waals surface area contributed by atoms with E-state index in [0.29, 0.717) is 6.47 Å². The molecule has 0 saturated heterocycles. The van der Waals surface area contributed by atoms with E-state index < -0.39 is 0 Å². The number of carbonyl (C=O) groups excluding carboxylic acids is 1. The second-order valence-electron chi connectivity index (χ2n) is 4.55. The summed E-state index contributed by atoms with van der Waals surface area (Å²) in [7, 11) is 0. The number of para-hydroxylation sites is 1. The topological polar surface area (TPSA) is 50.7 Å². The van der Waals surface area contributed by atoms with E-state index in [1.165, 1.54) is 10.8 Å². The highest BCUT2D eigenvalue weighted by Gasteiger charge is 2.26. The normalized spacial score (nSPS) is 20.8. The Bertz CT molecular complexity index is 639. The Balaban J connectivity index is 0.00000133. The number of benzene rings is 1. The van der Waals surface area contributed by atoms with Crippen LogP contribution in [-0.2, 0) is 9.53 Å². The first kappa shape index (κ1) is 13.6. The molecule has 0 aliphatic carbocycles. The monoisotopic (exact) mass is 278 g/mol. The third-order valence-electron chi connectivity index (χ3n) is 3.47. The molecule has 0 spiro atoms. The lowest BCUT2D eigenvalue weighted by Gasteiger charge is -2.27. The Morgan fingerprint density at radius 1 is 1.47 bits per heavy atom. The van der Waals surface area contributed by atoms with Crippen molar-refractivity contribution in [3.05, 3.63) is 46.7 Å². The van der Waals surface area contributed by atoms with Crippen LogP contribution in [0.25, 0.3) is 5.57 Å². The first-order valence-corrected chi connectivity index (χ1v) is 6.02. The van der Waals surface area contributed by atoms with Crippen LogP contribution in [0.3, 0.4) is 0 Å². The predicted octanol–water partition coefficient (Wildman–Crippen LogP) is 0.657. The average Bonchev–Trinajstić information content (AvgIpc) is 2.76. The molecule has 1 aromatic carbocycles. The summed E-state index contributed by atoms with van der Waals surface area (Å²) in [4.78, 5) is 15.0. The van der Waals surface area contributed by atoms with Gasteiger partial charge in [-0.15, -0.1) is 12.4 Å². The molecule has 2 heterocycles. The number of halogens is 1. The zero-order chi connectivity index (χ0) is 12.5. The van der Waals surface area contributed by atoms with E-state index >= 15 is 0 Å². The summed E-state index contributed by atoms with van der Waals surface area (Å²) in [6.45, 7) is 2.40. The molecule has 2 aliphatic rings. The molecular formula is C14H15ClN2O2. The predicted molar refractivity (Wildman–Crippen MR) is 74.1 cm³/mol. The van der Waals surface area contributed by atoms with Crippen LogP contribution in [-0.4, -0.2) is 18.6 Å². The first-order valence-electron chi connectivity index (χ1n) is 6.02. The quantitative estimate of drug-likeness (QED) is 0.827. The van der Waals surface area contributed by atoms with Crippen molar-refractivity contribution >= 4 is 24.5 Å². The number of ether oxygens (including phenoxy) is 1. The highest BCUT2D eigenvalue weighted by atomic mass is 35.5. The number of hydrogen-bond donors (Lipinski definition) is 1. The summed E-state index contributed by atoms with van der Waals surface area (Å²) in [5, 5.41) is 5.46. The Morgan fingerprint density at radius 3 is 3.05 bits per heavy atom. The standard InChI is InChI=1S/C14H14N2O2.ClH/c1-9(18-8-17)13-6-11-10-4-2-3-5-12(10)16-14(11)7-15-13;/h2-5,7-9,13,15H,6H2,1H3;1H. The summed E-state index contributed by atoms with van der Waals surface area (Å²) in [5.41, 5.74) is 2.22. The molecule has 1 N–H and O–H groups in total. The third-order valence-corrected chi connectivity index (χ3v) is 3.47. The fourth-order valence-electron chi connectivity index (χ4n) is 2.44. The van der Waals surface area contributed by atoms with Gasteiger partial charge in [0.15, 0.2) is 0 Å². The van der Waals surface area contributed by atoms with Crippen LogP contribution < -0.4 is 15.9 Å². The van der Waals surface area contributed by atoms with E-state index in [4.69, 9.17) is 4.74 Å². The van der Waals surface area contributed by atoms with Gasteiger partial charge in [-0.05, 0) is 25.0 Å². The highest BCUT2D eigenvalue weighted by Crippen LogP contribution is 2.24. The van der Waals surface area contributed by atoms with Gasteiger partial charge in [0.2, 0.25) is 0 Å². The van der Waals surface area contributed by atoms with Gasteiger partial charge in [-0.2, -0.15) is 0 Å². The lowest BCUT2D eigenvalue weighted by molar-refractivity contribution is -0.133. The van der Waals surface area contributed by atoms with Crippen molar-refractivity contribution in [2.45, 2.75) is 25.5 Å². The molecule has 5 heteroatoms. The van der Waals surface area contributed by atoms with Gasteiger partial charge in [0.05, 0.1) is 17.1 Å². The summed E-state index contributed by atoms with van der Waals surface area (Å²) in [6.07, 6.45) is 2.58. The van der Waals surface area contributed by atoms with Crippen molar-refractivity contribution in [1.82, 2.24) is 5.32 Å². The molecule has 0 saturated carbocycles. The minimum absolute atomic E-state index is 0. The number of hydrogen-bond acceptors (Lipinski definition) is 4. The van der Waals surface area contributed by atoms with Crippen LogP contribution in [0.4, 0.5) is 0 Å². The summed E-state index contributed by atoms with van der Waals surface area (Å²) in [5.74, 6) is 0. The second kappa shape index (κ2) is 5.45. The molecule has 2 atom stereocenters. The third kappa shape index (κ3) is 2.36. The number of rotatable bonds is 3. The molecule has 2 unspecified atom stereocenters. The Labute approximate surface area is 117 Å². The first-order chi connectivity index (χ1) is 8.79. The number of allylic oxidation sites excluding steroid dienone is 1. The lowest BCUT2D eigenvalue weighted by Crippen LogP contribution is -2.40. The van der Waals surface area contributed by atoms with Gasteiger partial charge in [0.25, 0.3) is 6.47 Å². The molecular weight excluding hydrogens is 264 g/mol. The SMILES string of the molecule is CC(OC=O)C1CC2=c3ccccc3=NC2=CN1.Cl. The lowest BCUT2D eigenvalue weighted by atomic mass is 9.96. The molecule has 1 aromatic rings. The minimum Gasteiger partial charge on any atom is -0.463 e. The van der Waals surface area contributed by atoms with E-state index in [1.807, 2.05) is 31.3 Å². The molecule has 0 fully saturated rings. The van der Waals surface area contributed by atoms with E-state index in [-0.39, 0.29) is 24.6 Å². The van der Waals surface area contributed by atoms with Crippen LogP contribution in [0.5, 0.6) is 0 Å². The Morgan fingerprint density at radius 2 is 2.26 bits per heavy atom. The summed E-state index contributed by atoms with van der Waals surface area (Å²) in [6, 6.07) is 8.22. The molecule has 2 aliphatic heterocycles. The van der Waals surface area contributed by atoms with Crippen LogP contribution >= 0.6 is 12.4 Å². The zero-order valence-electron chi connectivity index (χ0n) is 10.5. The Hall–Kier alpha value is -1.81. The van der Waals surface area contributed by atoms with Gasteiger partial charge in [-0.25, -0.2) is 4.99 Å². The van der Waals surface area contributed by atoms with E-state index in [2.05, 4.69) is 16.4 Å². The van der Waals surface area contributed by atoms with Gasteiger partial charge < -0.3 is 10.1 Å². The van der Waals surface area contributed by atoms with Crippen LogP contribution in [0.1, 0.15) is 13.3 Å². The number of fused-ring (bicyclic) bond motifs is 2. The molecule has 19 heavy (non-hydrogen) atoms. The molecule has 3 rings (SSSR count). The summed E-state index contributed by atoms with van der Waals surface area (Å²) >= 11 is 0. The van der Waals surface area contributed by atoms with Crippen molar-refractivity contribution in [2.24, 2.45) is 4.99 Å². The highest BCUT2D eigenvalue weighted by molar-refractivity contribution is 5.85. The molecule has 4 nitrogen and oxygen atoms in total. The van der Waals surface area contributed by atoms with E-state index in [1.54, 1.807) is 0 Å². The smallest absolute Gasteiger partial charge is 0.293 e. The van der Waals surface area contributed by atoms with Crippen molar-refractivity contribution < 1.29 is 9.53 Å². The number of carbonyl (C=O) groups is 1. The molecule has 100 valence electrons. The second-order valence-corrected chi connectivity index (χ2v) is 4.55. The molecule has 0 bridgehead atoms. The minimum atomic E-state index is -0.152. The van der Waals surface area contributed by atoms with Gasteiger partial charge in [0, 0.05) is 11.4 Å². The van der Waals surface area contributed by atoms with Crippen LogP contribution in [0.15, 0.2) is 41.2 Å². The number of nitrogens with zero attached hydrogens (tertiary/aromatic N) is 1. The summed E-state index contributed by atoms with van der Waals surface area (Å²) < 4.78 is 5.00. The maximum atomic E-state index is 10.4. The van der Waals surface area contributed by atoms with Crippen molar-refractivity contribution in [2.75, 3.05) is 0 Å². The number of nitrogens with one attached hydrogen (secondary N) is 1. The fourth-order valence-corrected chi connectivity index (χ4v) is 2.44. The molecule has 0 aromatic heterocycles.